The molecule has 0 spiro atoms. The Kier molecular flexibility index (Phi) is 6.12. The first-order valence-corrected chi connectivity index (χ1v) is 9.42. The number of aryl methyl sites for hydroxylation is 1. The number of hydrogen-bond donors (Lipinski definition) is 0. The fourth-order valence-electron chi connectivity index (χ4n) is 3.16. The lowest BCUT2D eigenvalue weighted by atomic mass is 10.1. The molecule has 1 aliphatic rings. The largest absolute Gasteiger partial charge is 0.484 e. The lowest BCUT2D eigenvalue weighted by molar-refractivity contribution is -0.132. The molecule has 0 unspecified atom stereocenters. The Bertz CT molecular complexity index is 801. The van der Waals surface area contributed by atoms with Crippen molar-refractivity contribution in [2.75, 3.05) is 25.1 Å². The van der Waals surface area contributed by atoms with Crippen LogP contribution in [-0.2, 0) is 22.6 Å². The van der Waals surface area contributed by atoms with Gasteiger partial charge < -0.3 is 14.5 Å². The van der Waals surface area contributed by atoms with Gasteiger partial charge >= 0.3 is 0 Å². The van der Waals surface area contributed by atoms with Crippen molar-refractivity contribution in [2.24, 2.45) is 0 Å². The minimum Gasteiger partial charge on any atom is -0.484 e. The molecule has 27 heavy (non-hydrogen) atoms. The van der Waals surface area contributed by atoms with Gasteiger partial charge in [-0.2, -0.15) is 0 Å². The average molecular weight is 366 g/mol. The van der Waals surface area contributed by atoms with Gasteiger partial charge in [-0.15, -0.1) is 0 Å². The van der Waals surface area contributed by atoms with Gasteiger partial charge in [-0.05, 0) is 36.1 Å². The molecule has 0 bridgehead atoms. The quantitative estimate of drug-likeness (QED) is 0.754. The van der Waals surface area contributed by atoms with Crippen LogP contribution in [0.5, 0.6) is 5.75 Å². The molecule has 2 aromatic carbocycles. The second-order valence-electron chi connectivity index (χ2n) is 6.85. The number of anilines is 1. The minimum atomic E-state index is -0.0859. The van der Waals surface area contributed by atoms with Gasteiger partial charge in [-0.1, -0.05) is 37.3 Å². The third-order valence-electron chi connectivity index (χ3n) is 4.84. The molecule has 0 aromatic heterocycles. The number of carbonyl (C=O) groups excluding carboxylic acids is 2. The van der Waals surface area contributed by atoms with E-state index in [9.17, 15) is 9.59 Å². The van der Waals surface area contributed by atoms with Crippen LogP contribution >= 0.6 is 0 Å². The van der Waals surface area contributed by atoms with E-state index in [0.29, 0.717) is 18.7 Å². The lowest BCUT2D eigenvalue weighted by Crippen LogP contribution is -2.31. The van der Waals surface area contributed by atoms with Crippen molar-refractivity contribution < 1.29 is 14.3 Å². The molecule has 5 heteroatoms. The maximum absolute atomic E-state index is 12.4. The van der Waals surface area contributed by atoms with E-state index in [1.54, 1.807) is 22.9 Å². The zero-order valence-corrected chi connectivity index (χ0v) is 16.0. The first-order chi connectivity index (χ1) is 13.1. The summed E-state index contributed by atoms with van der Waals surface area (Å²) in [4.78, 5) is 27.7. The second kappa shape index (κ2) is 8.71. The van der Waals surface area contributed by atoms with E-state index in [1.807, 2.05) is 18.2 Å². The van der Waals surface area contributed by atoms with Gasteiger partial charge in [-0.3, -0.25) is 9.59 Å². The van der Waals surface area contributed by atoms with Crippen molar-refractivity contribution in [2.45, 2.75) is 32.7 Å². The highest BCUT2D eigenvalue weighted by molar-refractivity contribution is 5.95. The maximum atomic E-state index is 12.4. The summed E-state index contributed by atoms with van der Waals surface area (Å²) in [6.07, 6.45) is 2.48. The molecule has 5 nitrogen and oxygen atoms in total. The second-order valence-corrected chi connectivity index (χ2v) is 6.85. The predicted octanol–water partition coefficient (Wildman–Crippen LogP) is 3.41. The summed E-state index contributed by atoms with van der Waals surface area (Å²) in [5.74, 6) is 0.649. The van der Waals surface area contributed by atoms with Crippen LogP contribution in [0.2, 0.25) is 0 Å². The highest BCUT2D eigenvalue weighted by atomic mass is 16.5. The monoisotopic (exact) mass is 366 g/mol. The maximum Gasteiger partial charge on any atom is 0.260 e. The Labute approximate surface area is 160 Å². The Balaban J connectivity index is 1.54. The molecule has 0 saturated carbocycles. The minimum absolute atomic E-state index is 0.0268. The van der Waals surface area contributed by atoms with E-state index in [2.05, 4.69) is 31.2 Å². The topological polar surface area (TPSA) is 49.9 Å². The standard InChI is InChI=1S/C22H26N2O3/c1-3-17-9-11-18(12-10-17)15-23(2)22(26)16-27-20-7-4-6-19(14-20)24-13-5-8-21(24)25/h4,6-7,9-12,14H,3,5,8,13,15-16H2,1-2H3. The summed E-state index contributed by atoms with van der Waals surface area (Å²) in [6.45, 7) is 3.38. The fourth-order valence-corrected chi connectivity index (χ4v) is 3.16. The van der Waals surface area contributed by atoms with Crippen LogP contribution in [0.4, 0.5) is 5.69 Å². The number of likely N-dealkylation sites (N-methyl/N-ethyl adjacent to an activating group) is 1. The summed E-state index contributed by atoms with van der Waals surface area (Å²) in [5, 5.41) is 0. The smallest absolute Gasteiger partial charge is 0.260 e. The summed E-state index contributed by atoms with van der Waals surface area (Å²) < 4.78 is 5.67. The number of carbonyl (C=O) groups is 2. The Morgan fingerprint density at radius 2 is 1.89 bits per heavy atom. The van der Waals surface area contributed by atoms with Gasteiger partial charge in [0.25, 0.3) is 5.91 Å². The van der Waals surface area contributed by atoms with Crippen LogP contribution in [-0.4, -0.2) is 36.9 Å². The molecule has 1 saturated heterocycles. The van der Waals surface area contributed by atoms with Crippen LogP contribution < -0.4 is 9.64 Å². The molecule has 0 aliphatic carbocycles. The van der Waals surface area contributed by atoms with E-state index < -0.39 is 0 Å². The van der Waals surface area contributed by atoms with Crippen molar-refractivity contribution >= 4 is 17.5 Å². The molecule has 1 heterocycles. The van der Waals surface area contributed by atoms with E-state index in [1.165, 1.54) is 5.56 Å². The van der Waals surface area contributed by atoms with E-state index in [4.69, 9.17) is 4.74 Å². The van der Waals surface area contributed by atoms with Gasteiger partial charge in [-0.25, -0.2) is 0 Å². The van der Waals surface area contributed by atoms with E-state index >= 15 is 0 Å². The van der Waals surface area contributed by atoms with Crippen LogP contribution in [0.25, 0.3) is 0 Å². The van der Waals surface area contributed by atoms with Crippen LogP contribution in [0.1, 0.15) is 30.9 Å². The van der Waals surface area contributed by atoms with Crippen molar-refractivity contribution in [3.05, 3.63) is 59.7 Å². The number of rotatable bonds is 7. The molecular weight excluding hydrogens is 340 g/mol. The summed E-state index contributed by atoms with van der Waals surface area (Å²) in [5.41, 5.74) is 3.21. The molecule has 0 radical (unpaired) electrons. The Morgan fingerprint density at radius 1 is 1.15 bits per heavy atom. The molecule has 1 aliphatic heterocycles. The summed E-state index contributed by atoms with van der Waals surface area (Å²) in [7, 11) is 1.78. The molecule has 2 aromatic rings. The number of ether oxygens (including phenoxy) is 1. The van der Waals surface area contributed by atoms with Crippen molar-refractivity contribution in [3.63, 3.8) is 0 Å². The van der Waals surface area contributed by atoms with Gasteiger partial charge in [0.15, 0.2) is 6.61 Å². The highest BCUT2D eigenvalue weighted by Gasteiger charge is 2.22. The highest BCUT2D eigenvalue weighted by Crippen LogP contribution is 2.25. The molecule has 1 fully saturated rings. The zero-order valence-electron chi connectivity index (χ0n) is 16.0. The van der Waals surface area contributed by atoms with Gasteiger partial charge in [0.05, 0.1) is 0 Å². The zero-order chi connectivity index (χ0) is 19.2. The molecule has 2 amide bonds. The summed E-state index contributed by atoms with van der Waals surface area (Å²) >= 11 is 0. The predicted molar refractivity (Wildman–Crippen MR) is 106 cm³/mol. The Morgan fingerprint density at radius 3 is 2.56 bits per heavy atom. The molecule has 3 rings (SSSR count). The molecule has 0 N–H and O–H groups in total. The SMILES string of the molecule is CCc1ccc(CN(C)C(=O)COc2cccc(N3CCCC3=O)c2)cc1. The lowest BCUT2D eigenvalue weighted by Gasteiger charge is -2.19. The van der Waals surface area contributed by atoms with Crippen LogP contribution in [0.3, 0.4) is 0 Å². The summed E-state index contributed by atoms with van der Waals surface area (Å²) in [6, 6.07) is 15.7. The van der Waals surface area contributed by atoms with Crippen molar-refractivity contribution in [1.82, 2.24) is 4.90 Å². The first-order valence-electron chi connectivity index (χ1n) is 9.42. The van der Waals surface area contributed by atoms with Gasteiger partial charge in [0.2, 0.25) is 5.91 Å². The van der Waals surface area contributed by atoms with Crippen LogP contribution in [0.15, 0.2) is 48.5 Å². The van der Waals surface area contributed by atoms with Gasteiger partial charge in [0, 0.05) is 38.3 Å². The molecule has 0 atom stereocenters. The van der Waals surface area contributed by atoms with E-state index in [0.717, 1.165) is 30.6 Å². The number of benzene rings is 2. The molecular formula is C22H26N2O3. The fraction of sp³-hybridized carbons (Fsp3) is 0.364. The van der Waals surface area contributed by atoms with Crippen LogP contribution in [0, 0.1) is 0 Å². The number of nitrogens with zero attached hydrogens (tertiary/aromatic N) is 2. The normalized spacial score (nSPS) is 13.7. The van der Waals surface area contributed by atoms with E-state index in [-0.39, 0.29) is 18.4 Å². The van der Waals surface area contributed by atoms with Gasteiger partial charge in [0.1, 0.15) is 5.75 Å². The third kappa shape index (κ3) is 4.88. The number of hydrogen-bond acceptors (Lipinski definition) is 3. The number of amides is 2. The molecule has 142 valence electrons. The van der Waals surface area contributed by atoms with Crippen molar-refractivity contribution in [3.8, 4) is 5.75 Å². The Hall–Kier alpha value is -2.82. The third-order valence-corrected chi connectivity index (χ3v) is 4.84. The average Bonchev–Trinajstić information content (AvgIpc) is 3.13. The first kappa shape index (κ1) is 19.0. The van der Waals surface area contributed by atoms with Crippen molar-refractivity contribution in [1.29, 1.82) is 0 Å².